The summed E-state index contributed by atoms with van der Waals surface area (Å²) < 4.78 is 1.30. The molecule has 80 valence electrons. The zero-order valence-electron chi connectivity index (χ0n) is 8.80. The molecule has 0 saturated heterocycles. The summed E-state index contributed by atoms with van der Waals surface area (Å²) in [5.41, 5.74) is -0.0568. The predicted octanol–water partition coefficient (Wildman–Crippen LogP) is 1.27. The van der Waals surface area contributed by atoms with Crippen molar-refractivity contribution in [3.63, 3.8) is 0 Å². The maximum Gasteiger partial charge on any atom is 0.392 e. The first-order valence-corrected chi connectivity index (χ1v) is 4.37. The van der Waals surface area contributed by atoms with E-state index in [2.05, 4.69) is 4.98 Å². The maximum atomic E-state index is 11.7. The van der Waals surface area contributed by atoms with Gasteiger partial charge in [-0.15, -0.1) is 0 Å². The van der Waals surface area contributed by atoms with E-state index < -0.39 is 11.3 Å². The molecule has 0 atom stereocenters. The molecule has 0 aromatic carbocycles. The third kappa shape index (κ3) is 1.77. The summed E-state index contributed by atoms with van der Waals surface area (Å²) >= 11 is 0. The molecule has 6 nitrogen and oxygen atoms in total. The normalized spacial score (nSPS) is 10.6. The van der Waals surface area contributed by atoms with Crippen LogP contribution in [0.1, 0.15) is 16.8 Å². The average molecular weight is 217 g/mol. The zero-order valence-corrected chi connectivity index (χ0v) is 8.80. The van der Waals surface area contributed by atoms with Crippen LogP contribution in [0, 0.1) is 23.6 Å². The largest absolute Gasteiger partial charge is 0.501 e. The van der Waals surface area contributed by atoms with Crippen molar-refractivity contribution in [1.82, 2.24) is 4.57 Å². The Morgan fingerprint density at radius 3 is 2.81 bits per heavy atom. The highest BCUT2D eigenvalue weighted by Crippen LogP contribution is 2.15. The van der Waals surface area contributed by atoms with Crippen LogP contribution in [0.15, 0.2) is 17.1 Å². The Labute approximate surface area is 91.3 Å². The Morgan fingerprint density at radius 1 is 1.69 bits per heavy atom. The molecular weight excluding hydrogens is 208 g/mol. The van der Waals surface area contributed by atoms with Crippen LogP contribution >= 0.6 is 0 Å². The van der Waals surface area contributed by atoms with Gasteiger partial charge in [0.15, 0.2) is 4.98 Å². The first-order valence-electron chi connectivity index (χ1n) is 4.37. The van der Waals surface area contributed by atoms with Crippen LogP contribution in [-0.2, 0) is 7.05 Å². The fraction of sp³-hybridized carbons (Fsp3) is 0.200. The molecular formula is C10H9N4O2+. The molecule has 0 amide bonds. The molecule has 1 aromatic rings. The van der Waals surface area contributed by atoms with Crippen molar-refractivity contribution in [3.05, 3.63) is 44.4 Å². The molecule has 1 rings (SSSR count). The quantitative estimate of drug-likeness (QED) is 0.566. The first-order chi connectivity index (χ1) is 7.52. The standard InChI is InChI=1S/C10H8N4O2/c1-6-3-7(9(15)5-13-12)8(4-11)10(16)14(6)2/h3,5H,1-2H3/p+1. The van der Waals surface area contributed by atoms with Gasteiger partial charge in [-0.3, -0.25) is 4.79 Å². The summed E-state index contributed by atoms with van der Waals surface area (Å²) in [5.74, 6) is -0.431. The first kappa shape index (κ1) is 11.5. The fourth-order valence-corrected chi connectivity index (χ4v) is 1.26. The number of nitrogens with zero attached hydrogens (tertiary/aromatic N) is 4. The van der Waals surface area contributed by atoms with Gasteiger partial charge in [0, 0.05) is 18.3 Å². The van der Waals surface area contributed by atoms with Gasteiger partial charge in [0.1, 0.15) is 11.6 Å². The minimum absolute atomic E-state index is 0.0564. The van der Waals surface area contributed by atoms with Crippen LogP contribution in [0.25, 0.3) is 10.7 Å². The highest BCUT2D eigenvalue weighted by Gasteiger charge is 2.16. The number of nitriles is 1. The average Bonchev–Trinajstić information content (AvgIpc) is 2.26. The Hall–Kier alpha value is -2.60. The number of hydrogen-bond donors (Lipinski definition) is 1. The lowest BCUT2D eigenvalue weighted by Crippen LogP contribution is -2.23. The van der Waals surface area contributed by atoms with E-state index in [1.807, 2.05) is 0 Å². The minimum atomic E-state index is -0.504. The Morgan fingerprint density at radius 2 is 2.31 bits per heavy atom. The van der Waals surface area contributed by atoms with Crippen LogP contribution < -0.4 is 5.56 Å². The van der Waals surface area contributed by atoms with Crippen molar-refractivity contribution in [2.45, 2.75) is 6.92 Å². The molecule has 1 N–H and O–H groups in total. The second kappa shape index (κ2) is 4.28. The van der Waals surface area contributed by atoms with E-state index in [-0.39, 0.29) is 11.1 Å². The molecule has 0 unspecified atom stereocenters. The number of diazo groups is 1. The molecule has 0 fully saturated rings. The van der Waals surface area contributed by atoms with Crippen molar-refractivity contribution in [2.75, 3.05) is 0 Å². The summed E-state index contributed by atoms with van der Waals surface area (Å²) in [6.45, 7) is 1.66. The van der Waals surface area contributed by atoms with Gasteiger partial charge in [-0.1, -0.05) is 0 Å². The van der Waals surface area contributed by atoms with E-state index in [1.165, 1.54) is 17.7 Å². The molecule has 0 spiro atoms. The maximum absolute atomic E-state index is 11.7. The van der Waals surface area contributed by atoms with Gasteiger partial charge < -0.3 is 9.67 Å². The van der Waals surface area contributed by atoms with Gasteiger partial charge in [-0.25, -0.2) is 0 Å². The molecule has 0 radical (unpaired) electrons. The molecule has 0 bridgehead atoms. The van der Waals surface area contributed by atoms with Crippen molar-refractivity contribution in [3.8, 4) is 6.07 Å². The van der Waals surface area contributed by atoms with Gasteiger partial charge in [0.25, 0.3) is 5.56 Å². The second-order valence-corrected chi connectivity index (χ2v) is 3.18. The van der Waals surface area contributed by atoms with Crippen molar-refractivity contribution in [1.29, 1.82) is 10.7 Å². The van der Waals surface area contributed by atoms with Crippen LogP contribution in [0.2, 0.25) is 0 Å². The van der Waals surface area contributed by atoms with E-state index in [9.17, 15) is 9.90 Å². The second-order valence-electron chi connectivity index (χ2n) is 3.18. The minimum Gasteiger partial charge on any atom is -0.501 e. The third-order valence-corrected chi connectivity index (χ3v) is 2.24. The zero-order chi connectivity index (χ0) is 12.3. The lowest BCUT2D eigenvalue weighted by atomic mass is 10.1. The highest BCUT2D eigenvalue weighted by atomic mass is 16.3. The van der Waals surface area contributed by atoms with Crippen molar-refractivity contribution in [2.24, 2.45) is 7.05 Å². The van der Waals surface area contributed by atoms with E-state index in [0.29, 0.717) is 5.69 Å². The topological polar surface area (TPSA) is 94.2 Å². The van der Waals surface area contributed by atoms with Crippen LogP contribution in [0.5, 0.6) is 0 Å². The number of aryl methyl sites for hydroxylation is 1. The Bertz CT molecular complexity index is 599. The lowest BCUT2D eigenvalue weighted by Gasteiger charge is -2.06. The number of hydrogen-bond acceptors (Lipinski definition) is 4. The summed E-state index contributed by atoms with van der Waals surface area (Å²) in [5, 5.41) is 26.6. The lowest BCUT2D eigenvalue weighted by molar-refractivity contribution is 0.510. The van der Waals surface area contributed by atoms with Gasteiger partial charge in [0.05, 0.1) is 0 Å². The number of aromatic nitrogens is 1. The van der Waals surface area contributed by atoms with Gasteiger partial charge in [-0.2, -0.15) is 5.26 Å². The van der Waals surface area contributed by atoms with E-state index >= 15 is 0 Å². The number of aliphatic hydroxyl groups is 1. The smallest absolute Gasteiger partial charge is 0.392 e. The molecule has 0 aliphatic heterocycles. The van der Waals surface area contributed by atoms with Gasteiger partial charge in [-0.05, 0) is 13.0 Å². The Kier molecular flexibility index (Phi) is 3.07. The number of pyridine rings is 1. The molecule has 1 aromatic heterocycles. The summed E-state index contributed by atoms with van der Waals surface area (Å²) in [4.78, 5) is 14.3. The predicted molar refractivity (Wildman–Crippen MR) is 56.8 cm³/mol. The van der Waals surface area contributed by atoms with Crippen molar-refractivity contribution < 1.29 is 5.11 Å². The SMILES string of the molecule is Cc1cc(C(O)=C[N+]#N)c(C#N)c(=O)n1C. The molecule has 16 heavy (non-hydrogen) atoms. The summed E-state index contributed by atoms with van der Waals surface area (Å²) in [6, 6.07) is 3.18. The summed E-state index contributed by atoms with van der Waals surface area (Å²) in [7, 11) is 1.53. The highest BCUT2D eigenvalue weighted by molar-refractivity contribution is 5.65. The van der Waals surface area contributed by atoms with Crippen LogP contribution in [-0.4, -0.2) is 9.67 Å². The summed E-state index contributed by atoms with van der Waals surface area (Å²) in [6.07, 6.45) is 0.759. The number of rotatable bonds is 1. The van der Waals surface area contributed by atoms with Gasteiger partial charge in [0.2, 0.25) is 11.2 Å². The molecule has 0 aliphatic carbocycles. The van der Waals surface area contributed by atoms with E-state index in [0.717, 1.165) is 6.20 Å². The van der Waals surface area contributed by atoms with Gasteiger partial charge >= 0.3 is 6.20 Å². The third-order valence-electron chi connectivity index (χ3n) is 2.24. The molecule has 6 heteroatoms. The van der Waals surface area contributed by atoms with E-state index in [1.54, 1.807) is 13.0 Å². The number of aliphatic hydroxyl groups excluding tert-OH is 1. The molecule has 1 heterocycles. The van der Waals surface area contributed by atoms with Crippen LogP contribution in [0.4, 0.5) is 0 Å². The monoisotopic (exact) mass is 217 g/mol. The Balaban J connectivity index is 3.68. The fourth-order valence-electron chi connectivity index (χ4n) is 1.26. The van der Waals surface area contributed by atoms with Crippen LogP contribution in [0.3, 0.4) is 0 Å². The molecule has 0 aliphatic rings. The van der Waals surface area contributed by atoms with E-state index in [4.69, 9.17) is 10.7 Å². The molecule has 0 saturated carbocycles. The van der Waals surface area contributed by atoms with Crippen molar-refractivity contribution >= 4 is 5.76 Å².